The Hall–Kier alpha value is -4.13. The number of anilines is 2. The maximum absolute atomic E-state index is 12.6. The molecule has 0 spiro atoms. The van der Waals surface area contributed by atoms with Crippen LogP contribution in [0.15, 0.2) is 72.8 Å². The fraction of sp³-hybridized carbons (Fsp3) is 0.276. The Balaban J connectivity index is 1.27. The number of hydrogen-bond donors (Lipinski definition) is 2. The fourth-order valence-corrected chi connectivity index (χ4v) is 4.18. The van der Waals surface area contributed by atoms with E-state index in [9.17, 15) is 14.4 Å². The van der Waals surface area contributed by atoms with Gasteiger partial charge in [-0.2, -0.15) is 0 Å². The highest BCUT2D eigenvalue weighted by molar-refractivity contribution is 6.00. The SMILES string of the molecule is CCc1ccccc1NC(=O)COc1ccc(N2C[C@H](C(=O)NCc3ccc(C)cc3)CC2=O)cc1. The highest BCUT2D eigenvalue weighted by atomic mass is 16.5. The van der Waals surface area contributed by atoms with Gasteiger partial charge < -0.3 is 20.3 Å². The van der Waals surface area contributed by atoms with E-state index in [0.717, 1.165) is 23.2 Å². The Morgan fingerprint density at radius 2 is 1.72 bits per heavy atom. The summed E-state index contributed by atoms with van der Waals surface area (Å²) < 4.78 is 5.62. The molecule has 0 bridgehead atoms. The topological polar surface area (TPSA) is 87.7 Å². The summed E-state index contributed by atoms with van der Waals surface area (Å²) in [6.45, 7) is 4.70. The molecule has 3 aromatic carbocycles. The average molecular weight is 486 g/mol. The van der Waals surface area contributed by atoms with Crippen LogP contribution in [0.1, 0.15) is 30.0 Å². The van der Waals surface area contributed by atoms with Crippen molar-refractivity contribution in [1.29, 1.82) is 0 Å². The second-order valence-corrected chi connectivity index (χ2v) is 8.95. The van der Waals surface area contributed by atoms with Crippen LogP contribution in [0.5, 0.6) is 5.75 Å². The minimum absolute atomic E-state index is 0.0897. The molecule has 2 N–H and O–H groups in total. The first-order chi connectivity index (χ1) is 17.4. The summed E-state index contributed by atoms with van der Waals surface area (Å²) in [4.78, 5) is 39.1. The number of benzene rings is 3. The van der Waals surface area contributed by atoms with Crippen molar-refractivity contribution in [2.75, 3.05) is 23.4 Å². The van der Waals surface area contributed by atoms with Gasteiger partial charge in [0.2, 0.25) is 11.8 Å². The van der Waals surface area contributed by atoms with Crippen molar-refractivity contribution >= 4 is 29.1 Å². The predicted octanol–water partition coefficient (Wildman–Crippen LogP) is 4.24. The van der Waals surface area contributed by atoms with E-state index < -0.39 is 5.92 Å². The molecule has 7 heteroatoms. The highest BCUT2D eigenvalue weighted by Crippen LogP contribution is 2.27. The van der Waals surface area contributed by atoms with E-state index in [1.165, 1.54) is 5.56 Å². The molecule has 0 aromatic heterocycles. The fourth-order valence-electron chi connectivity index (χ4n) is 4.18. The lowest BCUT2D eigenvalue weighted by Gasteiger charge is -2.17. The van der Waals surface area contributed by atoms with Crippen molar-refractivity contribution < 1.29 is 19.1 Å². The zero-order valence-electron chi connectivity index (χ0n) is 20.6. The van der Waals surface area contributed by atoms with Gasteiger partial charge in [0.1, 0.15) is 5.75 Å². The Morgan fingerprint density at radius 3 is 2.44 bits per heavy atom. The van der Waals surface area contributed by atoms with Crippen LogP contribution in [0.2, 0.25) is 0 Å². The third-order valence-corrected chi connectivity index (χ3v) is 6.27. The zero-order valence-corrected chi connectivity index (χ0v) is 20.6. The first kappa shape index (κ1) is 25.0. The van der Waals surface area contributed by atoms with Crippen molar-refractivity contribution in [2.45, 2.75) is 33.2 Å². The Kier molecular flexibility index (Phi) is 8.00. The van der Waals surface area contributed by atoms with E-state index >= 15 is 0 Å². The summed E-state index contributed by atoms with van der Waals surface area (Å²) in [5.41, 5.74) is 4.73. The lowest BCUT2D eigenvalue weighted by atomic mass is 10.1. The summed E-state index contributed by atoms with van der Waals surface area (Å²) in [5, 5.41) is 5.82. The van der Waals surface area contributed by atoms with Gasteiger partial charge in [-0.15, -0.1) is 0 Å². The number of rotatable bonds is 9. The van der Waals surface area contributed by atoms with Crippen LogP contribution in [0.3, 0.4) is 0 Å². The number of amides is 3. The van der Waals surface area contributed by atoms with Gasteiger partial charge in [-0.05, 0) is 54.8 Å². The molecule has 1 aliphatic heterocycles. The largest absolute Gasteiger partial charge is 0.484 e. The van der Waals surface area contributed by atoms with Crippen LogP contribution in [0, 0.1) is 12.8 Å². The zero-order chi connectivity index (χ0) is 25.5. The third kappa shape index (κ3) is 6.30. The van der Waals surface area contributed by atoms with Crippen molar-refractivity contribution in [1.82, 2.24) is 5.32 Å². The maximum atomic E-state index is 12.6. The van der Waals surface area contributed by atoms with Gasteiger partial charge in [0.15, 0.2) is 6.61 Å². The second kappa shape index (κ2) is 11.5. The lowest BCUT2D eigenvalue weighted by molar-refractivity contribution is -0.126. The molecular formula is C29H31N3O4. The lowest BCUT2D eigenvalue weighted by Crippen LogP contribution is -2.32. The van der Waals surface area contributed by atoms with Gasteiger partial charge in [-0.1, -0.05) is 55.0 Å². The van der Waals surface area contributed by atoms with Gasteiger partial charge in [-0.25, -0.2) is 0 Å². The molecule has 0 saturated carbocycles. The van der Waals surface area contributed by atoms with E-state index in [1.54, 1.807) is 29.2 Å². The van der Waals surface area contributed by atoms with Crippen molar-refractivity contribution in [2.24, 2.45) is 5.92 Å². The molecule has 3 aromatic rings. The molecule has 36 heavy (non-hydrogen) atoms. The number of aryl methyl sites for hydroxylation is 2. The van der Waals surface area contributed by atoms with Gasteiger partial charge in [-0.3, -0.25) is 14.4 Å². The number of carbonyl (C=O) groups is 3. The van der Waals surface area contributed by atoms with Crippen molar-refractivity contribution in [3.05, 3.63) is 89.5 Å². The third-order valence-electron chi connectivity index (χ3n) is 6.27. The number of carbonyl (C=O) groups excluding carboxylic acids is 3. The standard InChI is InChI=1S/C29H31N3O4/c1-3-22-6-4-5-7-26(22)31-27(33)19-36-25-14-12-24(13-15-25)32-18-23(16-28(32)34)29(35)30-17-21-10-8-20(2)9-11-21/h4-15,23H,3,16-19H2,1-2H3,(H,30,35)(H,31,33)/t23-/m1/s1. The van der Waals surface area contributed by atoms with Crippen molar-refractivity contribution in [3.8, 4) is 5.75 Å². The van der Waals surface area contributed by atoms with E-state index in [-0.39, 0.29) is 30.7 Å². The van der Waals surface area contributed by atoms with Gasteiger partial charge in [0, 0.05) is 30.9 Å². The molecule has 0 unspecified atom stereocenters. The number of hydrogen-bond acceptors (Lipinski definition) is 4. The van der Waals surface area contributed by atoms with Crippen LogP contribution in [-0.2, 0) is 27.3 Å². The Bertz CT molecular complexity index is 1220. The number of para-hydroxylation sites is 1. The van der Waals surface area contributed by atoms with Crippen LogP contribution in [-0.4, -0.2) is 30.9 Å². The first-order valence-electron chi connectivity index (χ1n) is 12.2. The first-order valence-corrected chi connectivity index (χ1v) is 12.2. The normalized spacial score (nSPS) is 15.0. The van der Waals surface area contributed by atoms with E-state index in [4.69, 9.17) is 4.74 Å². The molecule has 4 rings (SSSR count). The molecule has 1 atom stereocenters. The van der Waals surface area contributed by atoms with Crippen LogP contribution in [0.4, 0.5) is 11.4 Å². The Labute approximate surface area is 211 Å². The molecule has 1 heterocycles. The summed E-state index contributed by atoms with van der Waals surface area (Å²) in [6, 6.07) is 22.6. The minimum atomic E-state index is -0.395. The monoisotopic (exact) mass is 485 g/mol. The maximum Gasteiger partial charge on any atom is 0.262 e. The second-order valence-electron chi connectivity index (χ2n) is 8.95. The summed E-state index contributed by atoms with van der Waals surface area (Å²) in [6.07, 6.45) is 1.00. The Morgan fingerprint density at radius 1 is 1.00 bits per heavy atom. The average Bonchev–Trinajstić information content (AvgIpc) is 3.29. The summed E-state index contributed by atoms with van der Waals surface area (Å²) in [7, 11) is 0. The number of ether oxygens (including phenoxy) is 1. The molecule has 1 saturated heterocycles. The number of nitrogens with one attached hydrogen (secondary N) is 2. The van der Waals surface area contributed by atoms with Gasteiger partial charge >= 0.3 is 0 Å². The summed E-state index contributed by atoms with van der Waals surface area (Å²) in [5.74, 6) is -0.324. The minimum Gasteiger partial charge on any atom is -0.484 e. The summed E-state index contributed by atoms with van der Waals surface area (Å²) >= 11 is 0. The van der Waals surface area contributed by atoms with Gasteiger partial charge in [0.05, 0.1) is 5.92 Å². The predicted molar refractivity (Wildman–Crippen MR) is 140 cm³/mol. The van der Waals surface area contributed by atoms with Crippen molar-refractivity contribution in [3.63, 3.8) is 0 Å². The molecule has 0 aliphatic carbocycles. The molecule has 1 aliphatic rings. The van der Waals surface area contributed by atoms with Crippen LogP contribution >= 0.6 is 0 Å². The molecule has 7 nitrogen and oxygen atoms in total. The van der Waals surface area contributed by atoms with Crippen LogP contribution < -0.4 is 20.3 Å². The molecule has 3 amide bonds. The quantitative estimate of drug-likeness (QED) is 0.475. The van der Waals surface area contributed by atoms with Gasteiger partial charge in [0.25, 0.3) is 5.91 Å². The van der Waals surface area contributed by atoms with E-state index in [0.29, 0.717) is 24.5 Å². The molecule has 186 valence electrons. The smallest absolute Gasteiger partial charge is 0.262 e. The highest BCUT2D eigenvalue weighted by Gasteiger charge is 2.35. The number of nitrogens with zero attached hydrogens (tertiary/aromatic N) is 1. The van der Waals surface area contributed by atoms with E-state index in [2.05, 4.69) is 10.6 Å². The van der Waals surface area contributed by atoms with Crippen LogP contribution in [0.25, 0.3) is 0 Å². The molecule has 0 radical (unpaired) electrons. The molecule has 1 fully saturated rings. The molecular weight excluding hydrogens is 454 g/mol. The van der Waals surface area contributed by atoms with E-state index in [1.807, 2.05) is 62.4 Å².